The highest BCUT2D eigenvalue weighted by Crippen LogP contribution is 2.47. The molecular weight excluding hydrogens is 424 g/mol. The fraction of sp³-hybridized carbons (Fsp3) is 0.731. The second kappa shape index (κ2) is 9.61. The molecule has 1 saturated heterocycles. The summed E-state index contributed by atoms with van der Waals surface area (Å²) in [5.74, 6) is -2.14. The number of Topliss-reactive ketones (excluding diaryl/α,β-unsaturated/α-hetero) is 1. The van der Waals surface area contributed by atoms with E-state index in [9.17, 15) is 14.4 Å². The third kappa shape index (κ3) is 4.48. The summed E-state index contributed by atoms with van der Waals surface area (Å²) in [5.41, 5.74) is 1.09. The monoisotopic (exact) mass is 462 g/mol. The Morgan fingerprint density at radius 2 is 1.88 bits per heavy atom. The number of hydrogen-bond donors (Lipinski definition) is 0. The lowest BCUT2D eigenvalue weighted by Gasteiger charge is -2.43. The van der Waals surface area contributed by atoms with Crippen molar-refractivity contribution in [3.05, 3.63) is 23.0 Å². The molecule has 2 heterocycles. The lowest BCUT2D eigenvalue weighted by atomic mass is 9.71. The van der Waals surface area contributed by atoms with Crippen LogP contribution in [0.15, 0.2) is 23.0 Å². The van der Waals surface area contributed by atoms with Crippen molar-refractivity contribution in [1.29, 1.82) is 0 Å². The third-order valence-corrected chi connectivity index (χ3v) is 7.78. The van der Waals surface area contributed by atoms with Crippen LogP contribution in [0.2, 0.25) is 0 Å². The predicted molar refractivity (Wildman–Crippen MR) is 122 cm³/mol. The van der Waals surface area contributed by atoms with E-state index in [0.717, 1.165) is 11.1 Å². The molecule has 0 aromatic carbocycles. The minimum Gasteiger partial charge on any atom is -0.490 e. The highest BCUT2D eigenvalue weighted by Gasteiger charge is 2.53. The minimum absolute atomic E-state index is 0.00566. The first-order valence-electron chi connectivity index (χ1n) is 11.9. The molecule has 7 atom stereocenters. The quantitative estimate of drug-likeness (QED) is 0.463. The summed E-state index contributed by atoms with van der Waals surface area (Å²) in [6.45, 7) is 11.7. The summed E-state index contributed by atoms with van der Waals surface area (Å²) in [6.07, 6.45) is 2.86. The van der Waals surface area contributed by atoms with Crippen molar-refractivity contribution in [2.75, 3.05) is 14.2 Å². The molecule has 0 aromatic rings. The summed E-state index contributed by atoms with van der Waals surface area (Å²) < 4.78 is 22.7. The molecule has 0 bridgehead atoms. The van der Waals surface area contributed by atoms with Gasteiger partial charge in [-0.25, -0.2) is 4.79 Å². The molecule has 1 fully saturated rings. The zero-order valence-corrected chi connectivity index (χ0v) is 21.1. The lowest BCUT2D eigenvalue weighted by Crippen LogP contribution is -2.47. The zero-order valence-electron chi connectivity index (χ0n) is 21.1. The molecule has 2 aliphatic heterocycles. The van der Waals surface area contributed by atoms with Crippen LogP contribution in [-0.4, -0.2) is 49.8 Å². The number of ketones is 1. The SMILES string of the molecule is COC(=O)[C@@H]1[C@@H]2C(=O)[C@H](C)CC[C@@]3(C)OC(=O)C(OC)=C(C(C)C)[C@@H]3CC=C(C)[C@H]2O[C@H]1C. The average Bonchev–Trinajstić information content (AvgIpc) is 3.11. The number of hydrogen-bond acceptors (Lipinski definition) is 7. The molecule has 184 valence electrons. The van der Waals surface area contributed by atoms with Crippen LogP contribution in [0.1, 0.15) is 60.8 Å². The molecule has 3 aliphatic rings. The molecule has 3 rings (SSSR count). The first kappa shape index (κ1) is 25.5. The number of rotatable bonds is 3. The summed E-state index contributed by atoms with van der Waals surface area (Å²) in [6, 6.07) is 0. The average molecular weight is 463 g/mol. The summed E-state index contributed by atoms with van der Waals surface area (Å²) in [7, 11) is 2.84. The maximum absolute atomic E-state index is 13.6. The second-order valence-corrected chi connectivity index (χ2v) is 10.3. The first-order chi connectivity index (χ1) is 15.5. The van der Waals surface area contributed by atoms with E-state index in [2.05, 4.69) is 19.9 Å². The van der Waals surface area contributed by atoms with Gasteiger partial charge in [-0.3, -0.25) is 9.59 Å². The molecule has 0 amide bonds. The van der Waals surface area contributed by atoms with Gasteiger partial charge in [0, 0.05) is 11.8 Å². The lowest BCUT2D eigenvalue weighted by molar-refractivity contribution is -0.167. The van der Waals surface area contributed by atoms with Gasteiger partial charge in [-0.15, -0.1) is 0 Å². The van der Waals surface area contributed by atoms with Crippen molar-refractivity contribution in [2.45, 2.75) is 78.6 Å². The molecule has 1 aliphatic carbocycles. The maximum Gasteiger partial charge on any atom is 0.374 e. The number of esters is 2. The Morgan fingerprint density at radius 1 is 1.21 bits per heavy atom. The molecule has 0 aromatic heterocycles. The van der Waals surface area contributed by atoms with E-state index < -0.39 is 41.6 Å². The Hall–Kier alpha value is -2.15. The van der Waals surface area contributed by atoms with Crippen LogP contribution < -0.4 is 0 Å². The first-order valence-corrected chi connectivity index (χ1v) is 11.9. The topological polar surface area (TPSA) is 88.1 Å². The van der Waals surface area contributed by atoms with Crippen molar-refractivity contribution < 1.29 is 33.3 Å². The Labute approximate surface area is 196 Å². The van der Waals surface area contributed by atoms with E-state index in [0.29, 0.717) is 19.3 Å². The van der Waals surface area contributed by atoms with Crippen LogP contribution in [0, 0.1) is 29.6 Å². The van der Waals surface area contributed by atoms with Gasteiger partial charge in [0.25, 0.3) is 0 Å². The Balaban J connectivity index is 2.10. The van der Waals surface area contributed by atoms with Crippen molar-refractivity contribution in [3.8, 4) is 0 Å². The van der Waals surface area contributed by atoms with Gasteiger partial charge in [-0.2, -0.15) is 0 Å². The van der Waals surface area contributed by atoms with Gasteiger partial charge in [0.05, 0.1) is 38.3 Å². The van der Waals surface area contributed by atoms with Gasteiger partial charge in [-0.05, 0) is 57.1 Å². The molecule has 0 saturated carbocycles. The van der Waals surface area contributed by atoms with Crippen LogP contribution in [0.4, 0.5) is 0 Å². The summed E-state index contributed by atoms with van der Waals surface area (Å²) >= 11 is 0. The number of carbonyl (C=O) groups is 3. The minimum atomic E-state index is -0.764. The number of ether oxygens (including phenoxy) is 4. The van der Waals surface area contributed by atoms with Crippen LogP contribution in [0.25, 0.3) is 0 Å². The van der Waals surface area contributed by atoms with Crippen molar-refractivity contribution >= 4 is 17.7 Å². The fourth-order valence-electron chi connectivity index (χ4n) is 5.87. The van der Waals surface area contributed by atoms with Crippen molar-refractivity contribution in [2.24, 2.45) is 29.6 Å². The fourth-order valence-corrected chi connectivity index (χ4v) is 5.87. The predicted octanol–water partition coefficient (Wildman–Crippen LogP) is 4.00. The third-order valence-electron chi connectivity index (χ3n) is 7.78. The van der Waals surface area contributed by atoms with Crippen LogP contribution in [-0.2, 0) is 33.3 Å². The van der Waals surface area contributed by atoms with Crippen molar-refractivity contribution in [3.63, 3.8) is 0 Å². The van der Waals surface area contributed by atoms with Crippen LogP contribution in [0.5, 0.6) is 0 Å². The van der Waals surface area contributed by atoms with E-state index in [-0.39, 0.29) is 29.3 Å². The van der Waals surface area contributed by atoms with Gasteiger partial charge in [0.15, 0.2) is 0 Å². The van der Waals surface area contributed by atoms with E-state index in [1.54, 1.807) is 0 Å². The molecule has 0 N–H and O–H groups in total. The summed E-state index contributed by atoms with van der Waals surface area (Å²) in [5, 5.41) is 0. The number of allylic oxidation sites excluding steroid dienone is 1. The van der Waals surface area contributed by atoms with Gasteiger partial charge in [0.1, 0.15) is 11.4 Å². The van der Waals surface area contributed by atoms with E-state index in [1.165, 1.54) is 14.2 Å². The smallest absolute Gasteiger partial charge is 0.374 e. The van der Waals surface area contributed by atoms with Crippen molar-refractivity contribution in [1.82, 2.24) is 0 Å². The van der Waals surface area contributed by atoms with Gasteiger partial charge in [0.2, 0.25) is 5.76 Å². The van der Waals surface area contributed by atoms with Crippen LogP contribution in [0.3, 0.4) is 0 Å². The standard InChI is InChI=1S/C26H38O7/c1-13(2)18-17-10-9-15(4)22-20(19(16(5)32-22)24(28)31-8)21(27)14(3)11-12-26(17,6)33-25(29)23(18)30-7/h9,13-14,16-17,19-20,22H,10-12H2,1-8H3/t14-,16+,17+,19+,20-,22-,26-/m1/s1. The molecule has 7 nitrogen and oxygen atoms in total. The Kier molecular flexibility index (Phi) is 7.42. The molecule has 7 heteroatoms. The highest BCUT2D eigenvalue weighted by atomic mass is 16.6. The number of carbonyl (C=O) groups excluding carboxylic acids is 3. The molecule has 33 heavy (non-hydrogen) atoms. The Morgan fingerprint density at radius 3 is 2.45 bits per heavy atom. The van der Waals surface area contributed by atoms with Gasteiger partial charge in [-0.1, -0.05) is 26.8 Å². The molecule has 0 radical (unpaired) electrons. The van der Waals surface area contributed by atoms with E-state index in [1.807, 2.05) is 27.7 Å². The van der Waals surface area contributed by atoms with E-state index in [4.69, 9.17) is 18.9 Å². The molecule has 0 spiro atoms. The number of methoxy groups -OCH3 is 2. The molecular formula is C26H38O7. The van der Waals surface area contributed by atoms with E-state index >= 15 is 0 Å². The highest BCUT2D eigenvalue weighted by molar-refractivity contribution is 5.90. The van der Waals surface area contributed by atoms with Crippen LogP contribution >= 0.6 is 0 Å². The molecule has 0 unspecified atom stereocenters. The summed E-state index contributed by atoms with van der Waals surface area (Å²) in [4.78, 5) is 39.0. The van der Waals surface area contributed by atoms with Gasteiger partial charge >= 0.3 is 11.9 Å². The maximum atomic E-state index is 13.6. The second-order valence-electron chi connectivity index (χ2n) is 10.3. The normalized spacial score (nSPS) is 37.5. The largest absolute Gasteiger partial charge is 0.490 e. The zero-order chi connectivity index (χ0) is 24.7. The number of fused-ring (bicyclic) bond motifs is 2. The Bertz CT molecular complexity index is 870. The van der Waals surface area contributed by atoms with Gasteiger partial charge < -0.3 is 18.9 Å².